The fraction of sp³-hybridized carbons (Fsp3) is 0.947. The summed E-state index contributed by atoms with van der Waals surface area (Å²) in [6, 6.07) is 4.79. The zero-order valence-electron chi connectivity index (χ0n) is 88.6. The molecule has 0 spiro atoms. The Kier molecular flexibility index (Phi) is 425. The summed E-state index contributed by atoms with van der Waals surface area (Å²) < 4.78 is 128. The maximum absolute atomic E-state index is 11.3. The van der Waals surface area contributed by atoms with Crippen molar-refractivity contribution in [2.75, 3.05) is 188 Å². The van der Waals surface area contributed by atoms with Gasteiger partial charge in [0, 0.05) is 226 Å². The molecule has 0 aromatic heterocycles. The molecule has 0 fully saturated rings. The Morgan fingerprint density at radius 3 is 0.602 bits per heavy atom. The van der Waals surface area contributed by atoms with Crippen LogP contribution >= 0.6 is 0 Å². The van der Waals surface area contributed by atoms with E-state index in [1.54, 1.807) is 142 Å². The van der Waals surface area contributed by atoms with Crippen LogP contribution in [0.4, 0.5) is 0 Å². The average Bonchev–Trinajstić information content (AvgIpc) is 0.926. The topological polar surface area (TPSA) is 435 Å². The van der Waals surface area contributed by atoms with Gasteiger partial charge in [0.05, 0.1) is 19.6 Å². The van der Waals surface area contributed by atoms with E-state index in [1.165, 1.54) is 32.4 Å². The fourth-order valence-electron chi connectivity index (χ4n) is 5.50. The van der Waals surface area contributed by atoms with Crippen molar-refractivity contribution in [1.82, 2.24) is 5.32 Å². The number of hydrogen-bond acceptors (Lipinski definition) is 28. The molecule has 0 rings (SSSR count). The number of carbonyl (C=O) groups excluding carboxylic acids is 2. The van der Waals surface area contributed by atoms with Gasteiger partial charge in [0.1, 0.15) is 13.2 Å². The van der Waals surface area contributed by atoms with E-state index in [1.807, 2.05) is 249 Å². The molecule has 0 aliphatic rings. The predicted molar refractivity (Wildman–Crippen MR) is 524 cm³/mol. The van der Waals surface area contributed by atoms with Gasteiger partial charge >= 0.3 is 105 Å². The second-order valence-corrected chi connectivity index (χ2v) is 33.6. The van der Waals surface area contributed by atoms with Gasteiger partial charge < -0.3 is 132 Å². The van der Waals surface area contributed by atoms with Gasteiger partial charge in [-0.25, -0.2) is 4.79 Å². The van der Waals surface area contributed by atoms with Crippen LogP contribution in [0.1, 0.15) is 269 Å². The third-order valence-electron chi connectivity index (χ3n) is 10.6. The summed E-state index contributed by atoms with van der Waals surface area (Å²) in [7, 11) is 18.5. The standard InChI is InChI=1S/C12H27NO6Si.C6H17NO3Si.C6H10O3.4C5H14O3Si.16C2H6.4Al.4H2O.2O/c1-15-9-10-19-12(14)6-8-13-7-5-11-20(16-2,17-3)18-4;1-8-11(9-2,10-3)6-4-5-7;1-3-6(7)9-5-4-8-2;4*1-5-9(6-2,7-3)8-4;16*1-2;;;;;;;;;;/h13H,5-11H2,1-4H3;4-7H2,1-3H3;3H,1,4-5H2,2H3;4*5H2,1-4H3;16*1-2H3;;;;;4*1H2;;. The van der Waals surface area contributed by atoms with Gasteiger partial charge in [-0.15, -0.1) is 0 Å². The Morgan fingerprint density at radius 2 is 0.466 bits per heavy atom. The third-order valence-corrected chi connectivity index (χ3v) is 27.2. The molecule has 0 atom stereocenters. The van der Waals surface area contributed by atoms with Crippen molar-refractivity contribution >= 4 is 132 Å². The number of hydrogen-bond donors (Lipinski definition) is 2. The molecule has 11 N–H and O–H groups in total. The monoisotopic (exact) mass is 1910 g/mol. The van der Waals surface area contributed by atoms with Gasteiger partial charge in [-0.1, -0.05) is 256 Å². The molecule has 0 aliphatic heterocycles. The van der Waals surface area contributed by atoms with Crippen LogP contribution in [0, 0.1) is 0 Å². The van der Waals surface area contributed by atoms with Gasteiger partial charge in [0.25, 0.3) is 0 Å². The van der Waals surface area contributed by atoms with Crippen molar-refractivity contribution in [2.45, 2.75) is 305 Å². The molecule has 32 nitrogen and oxygen atoms in total. The van der Waals surface area contributed by atoms with Crippen molar-refractivity contribution < 1.29 is 138 Å². The van der Waals surface area contributed by atoms with E-state index in [-0.39, 0.29) is 62.6 Å². The van der Waals surface area contributed by atoms with E-state index >= 15 is 0 Å². The molecular weight excluding hydrogens is 1700 g/mol. The van der Waals surface area contributed by atoms with Gasteiger partial charge in [0.15, 0.2) is 0 Å². The van der Waals surface area contributed by atoms with E-state index in [4.69, 9.17) is 102 Å². The van der Waals surface area contributed by atoms with E-state index in [2.05, 4.69) is 21.4 Å². The van der Waals surface area contributed by atoms with Crippen molar-refractivity contribution in [3.63, 3.8) is 0 Å². The molecule has 8 radical (unpaired) electrons. The molecule has 0 amide bonds. The minimum absolute atomic E-state index is 0. The van der Waals surface area contributed by atoms with Crippen LogP contribution in [0.25, 0.3) is 0 Å². The second-order valence-electron chi connectivity index (χ2n) is 14.3. The molecule has 0 heterocycles. The van der Waals surface area contributed by atoms with Crippen LogP contribution in [-0.2, 0) is 116 Å². The molecule has 0 saturated heterocycles. The summed E-state index contributed by atoms with van der Waals surface area (Å²) in [4.78, 5) is 21.6. The molecular formula is C76H214Al4N2O30Si6. The van der Waals surface area contributed by atoms with Crippen molar-refractivity contribution in [3.05, 3.63) is 12.7 Å². The van der Waals surface area contributed by atoms with E-state index in [9.17, 15) is 9.59 Å². The first kappa shape index (κ1) is 214. The number of ether oxygens (including phenoxy) is 4. The summed E-state index contributed by atoms with van der Waals surface area (Å²) in [6.07, 6.45) is 3.21. The van der Waals surface area contributed by atoms with Crippen molar-refractivity contribution in [1.29, 1.82) is 0 Å². The van der Waals surface area contributed by atoms with Crippen molar-refractivity contribution in [2.24, 2.45) is 5.73 Å². The van der Waals surface area contributed by atoms with Gasteiger partial charge in [-0.05, 0) is 25.9 Å². The van der Waals surface area contributed by atoms with Crippen molar-refractivity contribution in [3.8, 4) is 0 Å². The quantitative estimate of drug-likeness (QED) is 0.0250. The zero-order chi connectivity index (χ0) is 96.4. The van der Waals surface area contributed by atoms with Crippen LogP contribution in [0.2, 0.25) is 36.3 Å². The molecule has 0 aliphatic carbocycles. The first-order valence-corrected chi connectivity index (χ1v) is 53.4. The molecule has 0 unspecified atom stereocenters. The maximum atomic E-state index is 11.3. The van der Waals surface area contributed by atoms with Crippen LogP contribution in [0.3, 0.4) is 0 Å². The van der Waals surface area contributed by atoms with Crippen LogP contribution in [0.5, 0.6) is 0 Å². The summed E-state index contributed by atoms with van der Waals surface area (Å²) in [5.74, 6) is -0.629. The summed E-state index contributed by atoms with van der Waals surface area (Å²) in [5.41, 5.74) is 5.36. The Balaban J connectivity index is -0.0000000243. The fourth-order valence-corrected chi connectivity index (χ4v) is 14.4. The second kappa shape index (κ2) is 234. The van der Waals surface area contributed by atoms with E-state index < -0.39 is 58.8 Å². The van der Waals surface area contributed by atoms with Crippen LogP contribution < -0.4 is 11.1 Å². The minimum atomic E-state index is -2.47. The van der Waals surface area contributed by atoms with Gasteiger partial charge in [0.2, 0.25) is 0 Å². The normalized spacial score (nSPS) is 8.26. The zero-order valence-corrected chi connectivity index (χ0v) is 99.2. The summed E-state index contributed by atoms with van der Waals surface area (Å²) in [6.45, 7) is 78.6. The van der Waals surface area contributed by atoms with Crippen LogP contribution in [0.15, 0.2) is 12.7 Å². The Morgan fingerprint density at radius 1 is 0.297 bits per heavy atom. The number of carbonyl (C=O) groups is 2. The molecule has 744 valence electrons. The van der Waals surface area contributed by atoms with Gasteiger partial charge in [-0.3, -0.25) is 4.79 Å². The van der Waals surface area contributed by atoms with E-state index in [0.717, 1.165) is 61.7 Å². The Hall–Kier alpha value is 0.671. The summed E-state index contributed by atoms with van der Waals surface area (Å²) in [5, 5.41) is 3.18. The SMILES string of the molecule is C=CC(=O)OCCOC.CC.CC.CC.CC.CC.CC.CC.CC.CC.CC.CC.CC.CC.CC.CC.CC.CC[Si](OC)(OC)OC.CC[Si](OC)(OC)OC.CC[Si](OC)(OC)OC.CC[Si](OC)(OC)OC.COCCOC(=O)CCNCCC[Si](OC)(OC)OC.CO[Si](CCCN)(OC)OC.O.O.O.O.[Al].[Al].[O]=[Al].[O]=[Al]. The first-order chi connectivity index (χ1) is 54.2. The number of rotatable bonds is 39. The number of nitrogens with two attached hydrogens (primary N) is 1. The predicted octanol–water partition coefficient (Wildman–Crippen LogP) is 15.9. The Bertz CT molecular complexity index is 1150. The molecule has 0 aromatic rings. The third kappa shape index (κ3) is 178. The van der Waals surface area contributed by atoms with Crippen LogP contribution in [-0.4, -0.2) is 342 Å². The molecule has 0 saturated carbocycles. The van der Waals surface area contributed by atoms with E-state index in [0.29, 0.717) is 45.9 Å². The van der Waals surface area contributed by atoms with Gasteiger partial charge in [-0.2, -0.15) is 0 Å². The number of nitrogens with one attached hydrogen (secondary N) is 1. The average molecular weight is 1910 g/mol. The molecule has 42 heteroatoms. The molecule has 0 aromatic carbocycles. The molecule has 0 bridgehead atoms. The number of esters is 2. The first-order valence-electron chi connectivity index (χ1n) is 40.9. The Labute approximate surface area is 781 Å². The number of methoxy groups -OCH3 is 2. The molecule has 118 heavy (non-hydrogen) atoms. The summed E-state index contributed by atoms with van der Waals surface area (Å²) >= 11 is 2.33.